The molecule has 0 radical (unpaired) electrons. The lowest BCUT2D eigenvalue weighted by atomic mass is 10.0. The Morgan fingerprint density at radius 2 is 1.60 bits per heavy atom. The van der Waals surface area contributed by atoms with Crippen LogP contribution in [0.15, 0.2) is 53.4 Å². The maximum atomic E-state index is 13.4. The first-order chi connectivity index (χ1) is 16.8. The van der Waals surface area contributed by atoms with Crippen LogP contribution in [0, 0.1) is 13.8 Å². The quantitative estimate of drug-likeness (QED) is 0.465. The number of nitrogens with zero attached hydrogens (tertiary/aromatic N) is 4. The van der Waals surface area contributed by atoms with E-state index in [1.54, 1.807) is 18.2 Å². The Kier molecular flexibility index (Phi) is 7.57. The summed E-state index contributed by atoms with van der Waals surface area (Å²) < 4.78 is 39.5. The summed E-state index contributed by atoms with van der Waals surface area (Å²) in [6, 6.07) is 15.1. The summed E-state index contributed by atoms with van der Waals surface area (Å²) in [5, 5.41) is 8.86. The molecule has 3 aromatic rings. The zero-order chi connectivity index (χ0) is 25.0. The van der Waals surface area contributed by atoms with Crippen LogP contribution in [0.2, 0.25) is 0 Å². The third-order valence-electron chi connectivity index (χ3n) is 6.01. The summed E-state index contributed by atoms with van der Waals surface area (Å²) in [5.41, 5.74) is 4.26. The molecule has 8 nitrogen and oxygen atoms in total. The van der Waals surface area contributed by atoms with Gasteiger partial charge in [0.15, 0.2) is 5.82 Å². The summed E-state index contributed by atoms with van der Waals surface area (Å²) >= 11 is 0. The first-order valence-electron chi connectivity index (χ1n) is 11.9. The first kappa shape index (κ1) is 24.9. The zero-order valence-corrected chi connectivity index (χ0v) is 21.5. The van der Waals surface area contributed by atoms with E-state index in [0.717, 1.165) is 22.6 Å². The van der Waals surface area contributed by atoms with Crippen molar-refractivity contribution in [1.82, 2.24) is 14.5 Å². The maximum absolute atomic E-state index is 13.4. The highest BCUT2D eigenvalue weighted by Crippen LogP contribution is 2.32. The molecular formula is C26H32N4O4S. The lowest BCUT2D eigenvalue weighted by Gasteiger charge is -2.34. The van der Waals surface area contributed by atoms with Crippen LogP contribution in [0.5, 0.6) is 11.5 Å². The molecule has 0 N–H and O–H groups in total. The van der Waals surface area contributed by atoms with E-state index in [9.17, 15) is 8.42 Å². The van der Waals surface area contributed by atoms with Crippen molar-refractivity contribution < 1.29 is 17.9 Å². The fourth-order valence-electron chi connectivity index (χ4n) is 4.26. The lowest BCUT2D eigenvalue weighted by molar-refractivity contribution is 0.314. The Labute approximate surface area is 207 Å². The molecule has 4 rings (SSSR count). The van der Waals surface area contributed by atoms with E-state index in [4.69, 9.17) is 9.47 Å². The molecule has 2 aromatic carbocycles. The number of aromatic nitrogens is 2. The third kappa shape index (κ3) is 5.41. The number of rotatable bonds is 8. The second-order valence-corrected chi connectivity index (χ2v) is 10.4. The van der Waals surface area contributed by atoms with Crippen molar-refractivity contribution in [3.05, 3.63) is 59.7 Å². The van der Waals surface area contributed by atoms with Gasteiger partial charge in [-0.2, -0.15) is 4.31 Å². The molecule has 35 heavy (non-hydrogen) atoms. The summed E-state index contributed by atoms with van der Waals surface area (Å²) in [6.07, 6.45) is 0. The number of aryl methyl sites for hydroxylation is 2. The van der Waals surface area contributed by atoms with Gasteiger partial charge in [-0.1, -0.05) is 23.8 Å². The fourth-order valence-corrected chi connectivity index (χ4v) is 5.80. The standard InChI is InChI=1S/C26H32N4O4S/c1-5-33-21-8-11-25(24(18-21)34-6-2)35(31,32)30-15-13-29(14-16-30)26-12-10-23(27-28-26)22-9-7-19(3)17-20(22)4/h7-12,17-18H,5-6,13-16H2,1-4H3. The minimum Gasteiger partial charge on any atom is -0.494 e. The molecule has 0 atom stereocenters. The monoisotopic (exact) mass is 496 g/mol. The smallest absolute Gasteiger partial charge is 0.246 e. The van der Waals surface area contributed by atoms with Gasteiger partial charge in [-0.15, -0.1) is 10.2 Å². The number of hydrogen-bond donors (Lipinski definition) is 0. The summed E-state index contributed by atoms with van der Waals surface area (Å²) in [4.78, 5) is 2.22. The molecule has 0 saturated carbocycles. The van der Waals surface area contributed by atoms with Crippen molar-refractivity contribution in [3.63, 3.8) is 0 Å². The van der Waals surface area contributed by atoms with Gasteiger partial charge in [0, 0.05) is 37.8 Å². The van der Waals surface area contributed by atoms with Crippen LogP contribution in [-0.4, -0.2) is 62.3 Å². The SMILES string of the molecule is CCOc1ccc(S(=O)(=O)N2CCN(c3ccc(-c4ccc(C)cc4C)nn3)CC2)c(OCC)c1. The molecule has 0 unspecified atom stereocenters. The predicted octanol–water partition coefficient (Wildman–Crippen LogP) is 4.07. The van der Waals surface area contributed by atoms with Gasteiger partial charge in [-0.05, 0) is 57.5 Å². The number of benzene rings is 2. The molecule has 1 aliphatic heterocycles. The van der Waals surface area contributed by atoms with E-state index in [2.05, 4.69) is 47.1 Å². The normalized spacial score (nSPS) is 14.7. The first-order valence-corrected chi connectivity index (χ1v) is 13.3. The zero-order valence-electron chi connectivity index (χ0n) is 20.7. The average Bonchev–Trinajstić information content (AvgIpc) is 2.85. The van der Waals surface area contributed by atoms with Crippen LogP contribution >= 0.6 is 0 Å². The van der Waals surface area contributed by atoms with Gasteiger partial charge in [0.1, 0.15) is 16.4 Å². The van der Waals surface area contributed by atoms with Gasteiger partial charge in [0.2, 0.25) is 10.0 Å². The van der Waals surface area contributed by atoms with Crippen LogP contribution in [0.4, 0.5) is 5.82 Å². The molecular weight excluding hydrogens is 464 g/mol. The van der Waals surface area contributed by atoms with Crippen LogP contribution in [0.25, 0.3) is 11.3 Å². The number of anilines is 1. The molecule has 2 heterocycles. The van der Waals surface area contributed by atoms with Crippen LogP contribution in [0.1, 0.15) is 25.0 Å². The van der Waals surface area contributed by atoms with Crippen molar-refractivity contribution in [2.24, 2.45) is 0 Å². The Bertz CT molecular complexity index is 1270. The minimum atomic E-state index is -3.71. The Morgan fingerprint density at radius 3 is 2.23 bits per heavy atom. The molecule has 0 bridgehead atoms. The van der Waals surface area contributed by atoms with Crippen molar-refractivity contribution in [1.29, 1.82) is 0 Å². The molecule has 0 spiro atoms. The molecule has 0 aliphatic carbocycles. The topological polar surface area (TPSA) is 84.9 Å². The molecule has 1 aromatic heterocycles. The number of sulfonamides is 1. The second kappa shape index (κ2) is 10.6. The van der Waals surface area contributed by atoms with Gasteiger partial charge in [0.05, 0.1) is 18.9 Å². The second-order valence-electron chi connectivity index (χ2n) is 8.46. The highest BCUT2D eigenvalue weighted by atomic mass is 32.2. The van der Waals surface area contributed by atoms with E-state index in [0.29, 0.717) is 50.9 Å². The Balaban J connectivity index is 1.46. The lowest BCUT2D eigenvalue weighted by Crippen LogP contribution is -2.49. The van der Waals surface area contributed by atoms with Gasteiger partial charge in [0.25, 0.3) is 0 Å². The molecule has 1 fully saturated rings. The van der Waals surface area contributed by atoms with Crippen molar-refractivity contribution in [2.75, 3.05) is 44.3 Å². The van der Waals surface area contributed by atoms with Crippen LogP contribution in [-0.2, 0) is 10.0 Å². The van der Waals surface area contributed by atoms with Gasteiger partial charge >= 0.3 is 0 Å². The van der Waals surface area contributed by atoms with Crippen molar-refractivity contribution in [2.45, 2.75) is 32.6 Å². The molecule has 186 valence electrons. The Hall–Kier alpha value is -3.17. The predicted molar refractivity (Wildman–Crippen MR) is 137 cm³/mol. The molecule has 9 heteroatoms. The van der Waals surface area contributed by atoms with Crippen molar-refractivity contribution >= 4 is 15.8 Å². The van der Waals surface area contributed by atoms with E-state index in [-0.39, 0.29) is 4.90 Å². The van der Waals surface area contributed by atoms with Gasteiger partial charge in [-0.25, -0.2) is 8.42 Å². The summed E-state index contributed by atoms with van der Waals surface area (Å²) in [7, 11) is -3.71. The van der Waals surface area contributed by atoms with Crippen LogP contribution < -0.4 is 14.4 Å². The number of hydrogen-bond acceptors (Lipinski definition) is 7. The molecule has 0 amide bonds. The van der Waals surface area contributed by atoms with Crippen molar-refractivity contribution in [3.8, 4) is 22.8 Å². The third-order valence-corrected chi connectivity index (χ3v) is 7.95. The van der Waals surface area contributed by atoms with Crippen LogP contribution in [0.3, 0.4) is 0 Å². The summed E-state index contributed by atoms with van der Waals surface area (Å²) in [6.45, 7) is 10.5. The Morgan fingerprint density at radius 1 is 0.857 bits per heavy atom. The largest absolute Gasteiger partial charge is 0.494 e. The van der Waals surface area contributed by atoms with E-state index in [1.165, 1.54) is 9.87 Å². The highest BCUT2D eigenvalue weighted by molar-refractivity contribution is 7.89. The number of ether oxygens (including phenoxy) is 2. The molecule has 1 aliphatic rings. The minimum absolute atomic E-state index is 0.161. The number of piperazine rings is 1. The van der Waals surface area contributed by atoms with E-state index in [1.807, 2.05) is 26.0 Å². The van der Waals surface area contributed by atoms with Gasteiger partial charge < -0.3 is 14.4 Å². The fraction of sp³-hybridized carbons (Fsp3) is 0.385. The van der Waals surface area contributed by atoms with Gasteiger partial charge in [-0.3, -0.25) is 0 Å². The average molecular weight is 497 g/mol. The maximum Gasteiger partial charge on any atom is 0.246 e. The highest BCUT2D eigenvalue weighted by Gasteiger charge is 2.31. The summed E-state index contributed by atoms with van der Waals surface area (Å²) in [5.74, 6) is 1.64. The van der Waals surface area contributed by atoms with E-state index >= 15 is 0 Å². The molecule has 1 saturated heterocycles. The van der Waals surface area contributed by atoms with E-state index < -0.39 is 10.0 Å².